The van der Waals surface area contributed by atoms with Crippen LogP contribution in [-0.4, -0.2) is 18.5 Å². The van der Waals surface area contributed by atoms with Gasteiger partial charge in [-0.15, -0.1) is 0 Å². The van der Waals surface area contributed by atoms with Crippen LogP contribution in [-0.2, 0) is 4.74 Å². The van der Waals surface area contributed by atoms with Crippen LogP contribution >= 0.6 is 11.6 Å². The molecule has 4 nitrogen and oxygen atoms in total. The van der Waals surface area contributed by atoms with E-state index in [0.29, 0.717) is 28.4 Å². The van der Waals surface area contributed by atoms with Crippen molar-refractivity contribution in [3.05, 3.63) is 64.2 Å². The van der Waals surface area contributed by atoms with Gasteiger partial charge < -0.3 is 10.1 Å². The number of rotatable bonds is 4. The lowest BCUT2D eigenvalue weighted by Crippen LogP contribution is -2.13. The number of carbonyl (C=O) groups excluding carboxylic acids is 2. The lowest BCUT2D eigenvalue weighted by molar-refractivity contribution is 0.0526. The highest BCUT2D eigenvalue weighted by Crippen LogP contribution is 2.19. The standard InChI is InChI=1S/C17H16ClNO3/c1-3-22-17(21)13-7-8-15(11(2)9-13)19-16(20)12-5-4-6-14(18)10-12/h4-10H,3H2,1-2H3,(H,19,20). The molecule has 0 aliphatic heterocycles. The minimum atomic E-state index is -0.377. The van der Waals surface area contributed by atoms with E-state index in [9.17, 15) is 9.59 Å². The second kappa shape index (κ2) is 7.09. The van der Waals surface area contributed by atoms with Crippen molar-refractivity contribution >= 4 is 29.2 Å². The van der Waals surface area contributed by atoms with Gasteiger partial charge in [0.25, 0.3) is 5.91 Å². The van der Waals surface area contributed by atoms with E-state index >= 15 is 0 Å². The van der Waals surface area contributed by atoms with Crippen LogP contribution in [0.5, 0.6) is 0 Å². The van der Waals surface area contributed by atoms with Crippen LogP contribution in [0.4, 0.5) is 5.69 Å². The number of amides is 1. The van der Waals surface area contributed by atoms with Gasteiger partial charge in [-0.1, -0.05) is 17.7 Å². The minimum absolute atomic E-state index is 0.255. The molecule has 0 heterocycles. The van der Waals surface area contributed by atoms with Crippen molar-refractivity contribution in [3.63, 3.8) is 0 Å². The van der Waals surface area contributed by atoms with Gasteiger partial charge >= 0.3 is 5.97 Å². The summed E-state index contributed by atoms with van der Waals surface area (Å²) in [6.45, 7) is 3.89. The molecule has 0 bridgehead atoms. The van der Waals surface area contributed by atoms with Crippen molar-refractivity contribution in [1.29, 1.82) is 0 Å². The Hall–Kier alpha value is -2.33. The van der Waals surface area contributed by atoms with Crippen LogP contribution in [0.3, 0.4) is 0 Å². The minimum Gasteiger partial charge on any atom is -0.462 e. The molecule has 22 heavy (non-hydrogen) atoms. The summed E-state index contributed by atoms with van der Waals surface area (Å²) in [5, 5.41) is 3.30. The molecule has 1 N–H and O–H groups in total. The molecule has 2 aromatic carbocycles. The zero-order valence-electron chi connectivity index (χ0n) is 12.4. The molecule has 0 aliphatic rings. The van der Waals surface area contributed by atoms with E-state index in [1.807, 2.05) is 6.92 Å². The predicted octanol–water partition coefficient (Wildman–Crippen LogP) is 4.08. The molecule has 2 rings (SSSR count). The van der Waals surface area contributed by atoms with Gasteiger partial charge in [-0.05, 0) is 55.8 Å². The maximum atomic E-state index is 12.2. The van der Waals surface area contributed by atoms with Gasteiger partial charge in [-0.2, -0.15) is 0 Å². The van der Waals surface area contributed by atoms with Crippen LogP contribution in [0.15, 0.2) is 42.5 Å². The largest absolute Gasteiger partial charge is 0.462 e. The SMILES string of the molecule is CCOC(=O)c1ccc(NC(=O)c2cccc(Cl)c2)c(C)c1. The maximum Gasteiger partial charge on any atom is 0.338 e. The number of hydrogen-bond donors (Lipinski definition) is 1. The summed E-state index contributed by atoms with van der Waals surface area (Å²) in [6, 6.07) is 11.7. The molecule has 0 aromatic heterocycles. The third-order valence-corrected chi connectivity index (χ3v) is 3.31. The van der Waals surface area contributed by atoms with E-state index in [1.165, 1.54) is 0 Å². The Morgan fingerprint density at radius 1 is 1.14 bits per heavy atom. The fourth-order valence-electron chi connectivity index (χ4n) is 1.97. The first-order valence-corrected chi connectivity index (χ1v) is 7.23. The number of aryl methyl sites for hydroxylation is 1. The van der Waals surface area contributed by atoms with Gasteiger partial charge in [0.2, 0.25) is 0 Å². The Morgan fingerprint density at radius 2 is 1.91 bits per heavy atom. The third-order valence-electron chi connectivity index (χ3n) is 3.07. The second-order valence-electron chi connectivity index (χ2n) is 4.71. The number of anilines is 1. The van der Waals surface area contributed by atoms with Crippen molar-refractivity contribution in [2.75, 3.05) is 11.9 Å². The van der Waals surface area contributed by atoms with Crippen LogP contribution < -0.4 is 5.32 Å². The van der Waals surface area contributed by atoms with Crippen molar-refractivity contribution in [2.24, 2.45) is 0 Å². The first-order valence-electron chi connectivity index (χ1n) is 6.86. The Morgan fingerprint density at radius 3 is 2.55 bits per heavy atom. The van der Waals surface area contributed by atoms with Crippen molar-refractivity contribution in [1.82, 2.24) is 0 Å². The van der Waals surface area contributed by atoms with Crippen LogP contribution in [0.25, 0.3) is 0 Å². The summed E-state index contributed by atoms with van der Waals surface area (Å²) in [5.74, 6) is -0.632. The molecule has 0 saturated carbocycles. The van der Waals surface area contributed by atoms with Gasteiger partial charge in [0.1, 0.15) is 0 Å². The quantitative estimate of drug-likeness (QED) is 0.864. The van der Waals surface area contributed by atoms with Gasteiger partial charge in [0, 0.05) is 16.3 Å². The number of hydrogen-bond acceptors (Lipinski definition) is 3. The molecule has 0 radical (unpaired) electrons. The zero-order valence-corrected chi connectivity index (χ0v) is 13.1. The Labute approximate surface area is 134 Å². The van der Waals surface area contributed by atoms with Crippen LogP contribution in [0.1, 0.15) is 33.2 Å². The number of esters is 1. The molecule has 2 aromatic rings. The Bertz CT molecular complexity index is 713. The number of halogens is 1. The van der Waals surface area contributed by atoms with E-state index in [-0.39, 0.29) is 11.9 Å². The van der Waals surface area contributed by atoms with Crippen molar-refractivity contribution in [2.45, 2.75) is 13.8 Å². The Balaban J connectivity index is 2.16. The first kappa shape index (κ1) is 16.0. The summed E-state index contributed by atoms with van der Waals surface area (Å²) < 4.78 is 4.95. The average Bonchev–Trinajstić information content (AvgIpc) is 2.49. The van der Waals surface area contributed by atoms with Gasteiger partial charge in [0.05, 0.1) is 12.2 Å². The summed E-state index contributed by atoms with van der Waals surface area (Å²) in [6.07, 6.45) is 0. The number of benzene rings is 2. The molecule has 0 atom stereocenters. The number of nitrogens with one attached hydrogen (secondary N) is 1. The molecule has 0 fully saturated rings. The monoisotopic (exact) mass is 317 g/mol. The zero-order chi connectivity index (χ0) is 16.1. The third kappa shape index (κ3) is 3.86. The summed E-state index contributed by atoms with van der Waals surface area (Å²) in [4.78, 5) is 23.8. The first-order chi connectivity index (χ1) is 10.5. The molecule has 0 aliphatic carbocycles. The fourth-order valence-corrected chi connectivity index (χ4v) is 2.16. The summed E-state index contributed by atoms with van der Waals surface area (Å²) in [5.41, 5.74) is 2.35. The second-order valence-corrected chi connectivity index (χ2v) is 5.15. The van der Waals surface area contributed by atoms with E-state index in [0.717, 1.165) is 5.56 Å². The van der Waals surface area contributed by atoms with Crippen LogP contribution in [0, 0.1) is 6.92 Å². The highest BCUT2D eigenvalue weighted by molar-refractivity contribution is 6.31. The number of ether oxygens (including phenoxy) is 1. The van der Waals surface area contributed by atoms with E-state index in [1.54, 1.807) is 49.4 Å². The Kier molecular flexibility index (Phi) is 5.17. The van der Waals surface area contributed by atoms with Gasteiger partial charge in [-0.25, -0.2) is 4.79 Å². The molecule has 114 valence electrons. The molecule has 0 unspecified atom stereocenters. The normalized spacial score (nSPS) is 10.1. The molecular formula is C17H16ClNO3. The van der Waals surface area contributed by atoms with Crippen molar-refractivity contribution < 1.29 is 14.3 Å². The molecule has 5 heteroatoms. The molecule has 0 saturated heterocycles. The lowest BCUT2D eigenvalue weighted by Gasteiger charge is -2.10. The fraction of sp³-hybridized carbons (Fsp3) is 0.176. The topological polar surface area (TPSA) is 55.4 Å². The van der Waals surface area contributed by atoms with E-state index in [2.05, 4.69) is 5.32 Å². The predicted molar refractivity (Wildman–Crippen MR) is 86.5 cm³/mol. The van der Waals surface area contributed by atoms with Crippen molar-refractivity contribution in [3.8, 4) is 0 Å². The lowest BCUT2D eigenvalue weighted by atomic mass is 10.1. The maximum absolute atomic E-state index is 12.2. The average molecular weight is 318 g/mol. The highest BCUT2D eigenvalue weighted by Gasteiger charge is 2.11. The van der Waals surface area contributed by atoms with E-state index < -0.39 is 0 Å². The number of carbonyl (C=O) groups is 2. The van der Waals surface area contributed by atoms with Crippen LogP contribution in [0.2, 0.25) is 5.02 Å². The van der Waals surface area contributed by atoms with Gasteiger partial charge in [0.15, 0.2) is 0 Å². The van der Waals surface area contributed by atoms with E-state index in [4.69, 9.17) is 16.3 Å². The molecule has 0 spiro atoms. The van der Waals surface area contributed by atoms with Gasteiger partial charge in [-0.3, -0.25) is 4.79 Å². The molecule has 1 amide bonds. The summed E-state index contributed by atoms with van der Waals surface area (Å²) in [7, 11) is 0. The summed E-state index contributed by atoms with van der Waals surface area (Å²) >= 11 is 5.88. The molecular weight excluding hydrogens is 302 g/mol. The highest BCUT2D eigenvalue weighted by atomic mass is 35.5. The smallest absolute Gasteiger partial charge is 0.338 e.